The monoisotopic (exact) mass is 289 g/mol. The number of hydrogen-bond acceptors (Lipinski definition) is 2. The number of nitrogens with one attached hydrogen (secondary N) is 1. The molecule has 0 spiro atoms. The van der Waals surface area contributed by atoms with Crippen LogP contribution in [0.3, 0.4) is 0 Å². The highest BCUT2D eigenvalue weighted by Crippen LogP contribution is 2.27. The van der Waals surface area contributed by atoms with E-state index in [1.54, 1.807) is 7.11 Å². The molecule has 106 valence electrons. The van der Waals surface area contributed by atoms with Crippen LogP contribution in [0, 0.1) is 0 Å². The Bertz CT molecular complexity index is 569. The molecule has 2 rings (SSSR count). The fourth-order valence-electron chi connectivity index (χ4n) is 2.09. The Hall–Kier alpha value is -1.51. The highest BCUT2D eigenvalue weighted by Gasteiger charge is 2.05. The molecule has 0 aliphatic rings. The van der Waals surface area contributed by atoms with Crippen molar-refractivity contribution in [1.29, 1.82) is 0 Å². The molecule has 20 heavy (non-hydrogen) atoms. The van der Waals surface area contributed by atoms with E-state index in [0.29, 0.717) is 0 Å². The summed E-state index contributed by atoms with van der Waals surface area (Å²) >= 11 is 6.26. The molecular formula is C17H20ClNO. The summed E-state index contributed by atoms with van der Waals surface area (Å²) in [6.07, 6.45) is 1.12. The molecule has 0 heterocycles. The first kappa shape index (κ1) is 14.9. The van der Waals surface area contributed by atoms with Gasteiger partial charge in [-0.2, -0.15) is 0 Å². The number of benzene rings is 2. The van der Waals surface area contributed by atoms with Crippen molar-refractivity contribution in [1.82, 2.24) is 5.32 Å². The zero-order valence-corrected chi connectivity index (χ0v) is 12.7. The minimum atomic E-state index is 0.796. The molecular weight excluding hydrogens is 270 g/mol. The smallest absolute Gasteiger partial charge is 0.119 e. The molecule has 0 amide bonds. The van der Waals surface area contributed by atoms with Crippen LogP contribution in [0.25, 0.3) is 11.1 Å². The van der Waals surface area contributed by atoms with Crippen LogP contribution in [0.1, 0.15) is 18.9 Å². The summed E-state index contributed by atoms with van der Waals surface area (Å²) in [4.78, 5) is 0. The van der Waals surface area contributed by atoms with Crippen LogP contribution in [0.4, 0.5) is 0 Å². The van der Waals surface area contributed by atoms with E-state index in [1.165, 1.54) is 0 Å². The molecule has 0 atom stereocenters. The molecule has 0 bridgehead atoms. The predicted molar refractivity (Wildman–Crippen MR) is 85.4 cm³/mol. The van der Waals surface area contributed by atoms with Crippen molar-refractivity contribution in [2.45, 2.75) is 19.9 Å². The van der Waals surface area contributed by atoms with Crippen molar-refractivity contribution in [2.24, 2.45) is 0 Å². The Kier molecular flexibility index (Phi) is 5.45. The quantitative estimate of drug-likeness (QED) is 0.790. The van der Waals surface area contributed by atoms with E-state index in [9.17, 15) is 0 Å². The Balaban J connectivity index is 2.25. The van der Waals surface area contributed by atoms with E-state index in [-0.39, 0.29) is 0 Å². The lowest BCUT2D eigenvalue weighted by atomic mass is 10.0. The summed E-state index contributed by atoms with van der Waals surface area (Å²) < 4.78 is 5.27. The molecule has 0 saturated heterocycles. The lowest BCUT2D eigenvalue weighted by molar-refractivity contribution is 0.415. The molecule has 0 fully saturated rings. The number of ether oxygens (including phenoxy) is 1. The Morgan fingerprint density at radius 1 is 1.10 bits per heavy atom. The maximum Gasteiger partial charge on any atom is 0.119 e. The van der Waals surface area contributed by atoms with E-state index < -0.39 is 0 Å². The van der Waals surface area contributed by atoms with Gasteiger partial charge in [0, 0.05) is 11.6 Å². The summed E-state index contributed by atoms with van der Waals surface area (Å²) in [7, 11) is 1.68. The summed E-state index contributed by atoms with van der Waals surface area (Å²) in [5.41, 5.74) is 3.42. The molecule has 1 N–H and O–H groups in total. The first-order chi connectivity index (χ1) is 9.74. The van der Waals surface area contributed by atoms with Gasteiger partial charge in [0.2, 0.25) is 0 Å². The lowest BCUT2D eigenvalue weighted by Crippen LogP contribution is -2.14. The van der Waals surface area contributed by atoms with Gasteiger partial charge < -0.3 is 10.1 Å². The fraction of sp³-hybridized carbons (Fsp3) is 0.294. The number of halogens is 1. The minimum Gasteiger partial charge on any atom is -0.497 e. The number of methoxy groups -OCH3 is 1. The lowest BCUT2D eigenvalue weighted by Gasteiger charge is -2.10. The van der Waals surface area contributed by atoms with Crippen LogP contribution in [-0.2, 0) is 6.54 Å². The zero-order chi connectivity index (χ0) is 14.4. The zero-order valence-electron chi connectivity index (χ0n) is 11.9. The topological polar surface area (TPSA) is 21.3 Å². The van der Waals surface area contributed by atoms with Crippen LogP contribution in [0.15, 0.2) is 42.5 Å². The molecule has 2 aromatic rings. The molecule has 2 nitrogen and oxygen atoms in total. The standard InChI is InChI=1S/C17H20ClNO/c1-3-9-19-12-15-10-14(7-8-17(15)18)13-5-4-6-16(11-13)20-2/h4-8,10-11,19H,3,9,12H2,1-2H3. The first-order valence-corrected chi connectivity index (χ1v) is 7.26. The third-order valence-corrected chi connectivity index (χ3v) is 3.56. The third kappa shape index (κ3) is 3.75. The van der Waals surface area contributed by atoms with E-state index in [4.69, 9.17) is 16.3 Å². The van der Waals surface area contributed by atoms with E-state index in [0.717, 1.165) is 47.0 Å². The van der Waals surface area contributed by atoms with Gasteiger partial charge in [-0.05, 0) is 53.9 Å². The van der Waals surface area contributed by atoms with Crippen molar-refractivity contribution >= 4 is 11.6 Å². The van der Waals surface area contributed by atoms with Crippen molar-refractivity contribution in [3.8, 4) is 16.9 Å². The molecule has 0 aliphatic carbocycles. The molecule has 0 unspecified atom stereocenters. The van der Waals surface area contributed by atoms with Crippen LogP contribution in [-0.4, -0.2) is 13.7 Å². The Labute approximate surface area is 125 Å². The molecule has 0 aliphatic heterocycles. The molecule has 0 saturated carbocycles. The van der Waals surface area contributed by atoms with Gasteiger partial charge in [0.15, 0.2) is 0 Å². The highest BCUT2D eigenvalue weighted by molar-refractivity contribution is 6.31. The van der Waals surface area contributed by atoms with Crippen LogP contribution >= 0.6 is 11.6 Å². The fourth-order valence-corrected chi connectivity index (χ4v) is 2.28. The van der Waals surface area contributed by atoms with Crippen LogP contribution in [0.5, 0.6) is 5.75 Å². The second kappa shape index (κ2) is 7.32. The molecule has 2 aromatic carbocycles. The summed E-state index contributed by atoms with van der Waals surface area (Å²) in [5, 5.41) is 4.19. The van der Waals surface area contributed by atoms with Gasteiger partial charge in [-0.15, -0.1) is 0 Å². The van der Waals surface area contributed by atoms with Crippen LogP contribution in [0.2, 0.25) is 5.02 Å². The van der Waals surface area contributed by atoms with E-state index >= 15 is 0 Å². The normalized spacial score (nSPS) is 10.6. The summed E-state index contributed by atoms with van der Waals surface area (Å²) in [5.74, 6) is 0.864. The molecule has 0 radical (unpaired) electrons. The SMILES string of the molecule is CCCNCc1cc(-c2cccc(OC)c2)ccc1Cl. The molecule has 3 heteroatoms. The summed E-state index contributed by atoms with van der Waals surface area (Å²) in [6.45, 7) is 3.95. The van der Waals surface area contributed by atoms with E-state index in [1.807, 2.05) is 30.3 Å². The van der Waals surface area contributed by atoms with Crippen molar-refractivity contribution in [2.75, 3.05) is 13.7 Å². The van der Waals surface area contributed by atoms with Crippen molar-refractivity contribution in [3.05, 3.63) is 53.1 Å². The predicted octanol–water partition coefficient (Wildman–Crippen LogP) is 4.52. The van der Waals surface area contributed by atoms with Gasteiger partial charge >= 0.3 is 0 Å². The van der Waals surface area contributed by atoms with Gasteiger partial charge in [0.05, 0.1) is 7.11 Å². The maximum atomic E-state index is 6.26. The number of hydrogen-bond donors (Lipinski definition) is 1. The van der Waals surface area contributed by atoms with Gasteiger partial charge in [-0.25, -0.2) is 0 Å². The second-order valence-electron chi connectivity index (χ2n) is 4.71. The van der Waals surface area contributed by atoms with Crippen molar-refractivity contribution in [3.63, 3.8) is 0 Å². The number of rotatable bonds is 6. The van der Waals surface area contributed by atoms with E-state index in [2.05, 4.69) is 24.4 Å². The highest BCUT2D eigenvalue weighted by atomic mass is 35.5. The first-order valence-electron chi connectivity index (χ1n) is 6.88. The van der Waals surface area contributed by atoms with Gasteiger partial charge in [-0.3, -0.25) is 0 Å². The van der Waals surface area contributed by atoms with Gasteiger partial charge in [-0.1, -0.05) is 36.7 Å². The van der Waals surface area contributed by atoms with Gasteiger partial charge in [0.1, 0.15) is 5.75 Å². The minimum absolute atomic E-state index is 0.796. The maximum absolute atomic E-state index is 6.26. The Morgan fingerprint density at radius 3 is 2.65 bits per heavy atom. The van der Waals surface area contributed by atoms with Crippen molar-refractivity contribution < 1.29 is 4.74 Å². The summed E-state index contributed by atoms with van der Waals surface area (Å²) in [6, 6.07) is 14.2. The third-order valence-electron chi connectivity index (χ3n) is 3.19. The average Bonchev–Trinajstić information content (AvgIpc) is 2.49. The van der Waals surface area contributed by atoms with Gasteiger partial charge in [0.25, 0.3) is 0 Å². The largest absolute Gasteiger partial charge is 0.497 e. The molecule has 0 aromatic heterocycles. The van der Waals surface area contributed by atoms with Crippen LogP contribution < -0.4 is 10.1 Å². The Morgan fingerprint density at radius 2 is 1.90 bits per heavy atom. The second-order valence-corrected chi connectivity index (χ2v) is 5.12. The average molecular weight is 290 g/mol.